The van der Waals surface area contributed by atoms with Crippen LogP contribution < -0.4 is 19.0 Å². The molecule has 0 saturated carbocycles. The number of rotatable bonds is 3. The van der Waals surface area contributed by atoms with Gasteiger partial charge in [-0.2, -0.15) is 0 Å². The van der Waals surface area contributed by atoms with Gasteiger partial charge in [0.15, 0.2) is 5.75 Å². The van der Waals surface area contributed by atoms with Gasteiger partial charge in [-0.15, -0.1) is 8.42 Å². The molecule has 1 heterocycles. The first-order valence-electron chi connectivity index (χ1n) is 5.36. The SMILES string of the molecule is CCN(c1c(N)ccc2c1OS(=O)(=O)O2)C(C)O. The van der Waals surface area contributed by atoms with Crippen LogP contribution in [0.15, 0.2) is 12.1 Å². The highest BCUT2D eigenvalue weighted by Gasteiger charge is 2.34. The van der Waals surface area contributed by atoms with Crippen LogP contribution in [0.3, 0.4) is 0 Å². The Balaban J connectivity index is 2.59. The minimum Gasteiger partial charge on any atom is -0.397 e. The summed E-state index contributed by atoms with van der Waals surface area (Å²) >= 11 is 0. The molecule has 0 fully saturated rings. The molecule has 1 aromatic carbocycles. The predicted molar refractivity (Wildman–Crippen MR) is 65.7 cm³/mol. The number of nitrogens with two attached hydrogens (primary N) is 1. The zero-order chi connectivity index (χ0) is 13.5. The van der Waals surface area contributed by atoms with Crippen molar-refractivity contribution in [1.82, 2.24) is 0 Å². The van der Waals surface area contributed by atoms with E-state index in [9.17, 15) is 13.5 Å². The van der Waals surface area contributed by atoms with E-state index >= 15 is 0 Å². The van der Waals surface area contributed by atoms with Crippen molar-refractivity contribution in [3.63, 3.8) is 0 Å². The fourth-order valence-corrected chi connectivity index (χ4v) is 2.60. The molecule has 3 N–H and O–H groups in total. The van der Waals surface area contributed by atoms with Crippen molar-refractivity contribution in [3.05, 3.63) is 12.1 Å². The Kier molecular flexibility index (Phi) is 2.99. The molecule has 8 heteroatoms. The lowest BCUT2D eigenvalue weighted by atomic mass is 10.2. The van der Waals surface area contributed by atoms with Crippen LogP contribution in [0.5, 0.6) is 11.5 Å². The molecule has 100 valence electrons. The fourth-order valence-electron chi connectivity index (χ4n) is 1.85. The Labute approximate surface area is 105 Å². The Hall–Kier alpha value is -1.67. The van der Waals surface area contributed by atoms with E-state index in [0.717, 1.165) is 0 Å². The summed E-state index contributed by atoms with van der Waals surface area (Å²) in [7, 11) is -4.08. The van der Waals surface area contributed by atoms with Crippen molar-refractivity contribution in [2.75, 3.05) is 17.2 Å². The van der Waals surface area contributed by atoms with Gasteiger partial charge in [-0.1, -0.05) is 0 Å². The number of fused-ring (bicyclic) bond motifs is 1. The number of nitrogen functional groups attached to an aromatic ring is 1. The van der Waals surface area contributed by atoms with Crippen molar-refractivity contribution in [1.29, 1.82) is 0 Å². The lowest BCUT2D eigenvalue weighted by molar-refractivity contribution is 0.189. The summed E-state index contributed by atoms with van der Waals surface area (Å²) in [4.78, 5) is 1.51. The first-order chi connectivity index (χ1) is 8.35. The van der Waals surface area contributed by atoms with E-state index in [-0.39, 0.29) is 11.5 Å². The van der Waals surface area contributed by atoms with Crippen LogP contribution in [-0.2, 0) is 10.4 Å². The van der Waals surface area contributed by atoms with Crippen LogP contribution in [0, 0.1) is 0 Å². The van der Waals surface area contributed by atoms with E-state index in [4.69, 9.17) is 9.92 Å². The second kappa shape index (κ2) is 4.21. The summed E-state index contributed by atoms with van der Waals surface area (Å²) < 4.78 is 31.9. The van der Waals surface area contributed by atoms with Gasteiger partial charge in [-0.05, 0) is 26.0 Å². The molecule has 1 unspecified atom stereocenters. The van der Waals surface area contributed by atoms with E-state index in [0.29, 0.717) is 17.9 Å². The summed E-state index contributed by atoms with van der Waals surface area (Å²) in [5.41, 5.74) is 6.43. The number of aliphatic hydroxyl groups is 1. The normalized spacial score (nSPS) is 17.5. The van der Waals surface area contributed by atoms with Crippen LogP contribution in [0.1, 0.15) is 13.8 Å². The molecule has 1 atom stereocenters. The summed E-state index contributed by atoms with van der Waals surface area (Å²) in [5, 5.41) is 9.68. The number of hydrogen-bond donors (Lipinski definition) is 2. The molecule has 7 nitrogen and oxygen atoms in total. The summed E-state index contributed by atoms with van der Waals surface area (Å²) in [6, 6.07) is 2.91. The second-order valence-electron chi connectivity index (χ2n) is 3.82. The Morgan fingerprint density at radius 2 is 2.11 bits per heavy atom. The molecule has 18 heavy (non-hydrogen) atoms. The molecule has 0 aromatic heterocycles. The maximum absolute atomic E-state index is 11.3. The molecule has 1 aliphatic rings. The molecule has 1 aromatic rings. The number of benzene rings is 1. The first-order valence-corrected chi connectivity index (χ1v) is 6.70. The molecular weight excluding hydrogens is 260 g/mol. The Morgan fingerprint density at radius 3 is 2.67 bits per heavy atom. The highest BCUT2D eigenvalue weighted by Crippen LogP contribution is 2.47. The highest BCUT2D eigenvalue weighted by atomic mass is 32.3. The van der Waals surface area contributed by atoms with E-state index in [1.807, 2.05) is 0 Å². The lowest BCUT2D eigenvalue weighted by Gasteiger charge is -2.27. The van der Waals surface area contributed by atoms with Gasteiger partial charge in [0.2, 0.25) is 5.75 Å². The van der Waals surface area contributed by atoms with Gasteiger partial charge in [0, 0.05) is 6.54 Å². The van der Waals surface area contributed by atoms with Crippen molar-refractivity contribution in [2.45, 2.75) is 20.1 Å². The zero-order valence-electron chi connectivity index (χ0n) is 9.95. The van der Waals surface area contributed by atoms with Gasteiger partial charge >= 0.3 is 10.4 Å². The highest BCUT2D eigenvalue weighted by molar-refractivity contribution is 7.82. The average Bonchev–Trinajstić information content (AvgIpc) is 2.57. The van der Waals surface area contributed by atoms with Crippen LogP contribution >= 0.6 is 0 Å². The molecule has 0 saturated heterocycles. The third kappa shape index (κ3) is 2.04. The van der Waals surface area contributed by atoms with Crippen LogP contribution in [0.4, 0.5) is 11.4 Å². The van der Waals surface area contributed by atoms with E-state index in [1.54, 1.807) is 13.8 Å². The van der Waals surface area contributed by atoms with Gasteiger partial charge < -0.3 is 24.1 Å². The minimum absolute atomic E-state index is 0.0118. The maximum Gasteiger partial charge on any atom is 0.501 e. The van der Waals surface area contributed by atoms with Gasteiger partial charge in [-0.3, -0.25) is 0 Å². The van der Waals surface area contributed by atoms with Crippen molar-refractivity contribution < 1.29 is 21.9 Å². The van der Waals surface area contributed by atoms with Crippen molar-refractivity contribution in [3.8, 4) is 11.5 Å². The quantitative estimate of drug-likeness (QED) is 0.609. The Morgan fingerprint density at radius 1 is 1.44 bits per heavy atom. The fraction of sp³-hybridized carbons (Fsp3) is 0.400. The number of anilines is 2. The van der Waals surface area contributed by atoms with E-state index in [1.165, 1.54) is 17.0 Å². The lowest BCUT2D eigenvalue weighted by Crippen LogP contribution is -2.33. The standard InChI is InChI=1S/C10H14N2O5S/c1-3-12(6(2)13)9-7(11)4-5-8-10(9)17-18(14,15)16-8/h4-6,13H,3,11H2,1-2H3. The van der Waals surface area contributed by atoms with Crippen LogP contribution in [-0.4, -0.2) is 26.3 Å². The summed E-state index contributed by atoms with van der Waals surface area (Å²) in [6.07, 6.45) is -0.837. The van der Waals surface area contributed by atoms with Crippen LogP contribution in [0.25, 0.3) is 0 Å². The third-order valence-corrected chi connectivity index (χ3v) is 3.34. The molecule has 0 radical (unpaired) electrons. The second-order valence-corrected chi connectivity index (χ2v) is 4.97. The summed E-state index contributed by atoms with van der Waals surface area (Å²) in [6.45, 7) is 3.78. The number of hydrogen-bond acceptors (Lipinski definition) is 7. The van der Waals surface area contributed by atoms with Gasteiger partial charge in [0.05, 0.1) is 5.69 Å². The van der Waals surface area contributed by atoms with Crippen molar-refractivity contribution >= 4 is 21.8 Å². The molecule has 0 bridgehead atoms. The van der Waals surface area contributed by atoms with Crippen molar-refractivity contribution in [2.24, 2.45) is 0 Å². The van der Waals surface area contributed by atoms with Gasteiger partial charge in [0.25, 0.3) is 0 Å². The molecule has 1 aliphatic heterocycles. The zero-order valence-corrected chi connectivity index (χ0v) is 10.8. The van der Waals surface area contributed by atoms with Gasteiger partial charge in [0.1, 0.15) is 11.9 Å². The van der Waals surface area contributed by atoms with Crippen LogP contribution in [0.2, 0.25) is 0 Å². The van der Waals surface area contributed by atoms with Gasteiger partial charge in [-0.25, -0.2) is 0 Å². The Bertz CT molecular complexity index is 570. The topological polar surface area (TPSA) is 102 Å². The third-order valence-electron chi connectivity index (χ3n) is 2.58. The monoisotopic (exact) mass is 274 g/mol. The first kappa shape index (κ1) is 12.8. The molecule has 0 aliphatic carbocycles. The maximum atomic E-state index is 11.3. The average molecular weight is 274 g/mol. The molecule has 2 rings (SSSR count). The van der Waals surface area contributed by atoms with E-state index in [2.05, 4.69) is 4.18 Å². The largest absolute Gasteiger partial charge is 0.501 e. The summed E-state index contributed by atoms with van der Waals surface area (Å²) in [5.74, 6) is 0.0797. The molecule has 0 amide bonds. The predicted octanol–water partition coefficient (Wildman–Crippen LogP) is 0.449. The van der Waals surface area contributed by atoms with E-state index < -0.39 is 16.6 Å². The number of nitrogens with zero attached hydrogens (tertiary/aromatic N) is 1. The molecule has 0 spiro atoms. The molecular formula is C10H14N2O5S. The number of aliphatic hydroxyl groups excluding tert-OH is 1. The smallest absolute Gasteiger partial charge is 0.397 e. The minimum atomic E-state index is -4.08.